The number of nitrogens with one attached hydrogen (secondary N) is 1. The Hall–Kier alpha value is -1.06. The van der Waals surface area contributed by atoms with E-state index in [-0.39, 0.29) is 12.3 Å². The predicted molar refractivity (Wildman–Crippen MR) is 63.2 cm³/mol. The molecule has 0 aliphatic heterocycles. The van der Waals surface area contributed by atoms with Crippen molar-refractivity contribution in [1.29, 1.82) is 0 Å². The number of hydrogen-bond acceptors (Lipinski definition) is 2. The van der Waals surface area contributed by atoms with Crippen LogP contribution >= 0.6 is 0 Å². The summed E-state index contributed by atoms with van der Waals surface area (Å²) in [7, 11) is 0. The van der Waals surface area contributed by atoms with Crippen LogP contribution in [0.3, 0.4) is 0 Å². The molecule has 0 aromatic rings. The van der Waals surface area contributed by atoms with Gasteiger partial charge in [-0.15, -0.1) is 0 Å². The Bertz CT molecular complexity index is 214. The average Bonchev–Trinajstić information content (AvgIpc) is 2.14. The fraction of sp³-hybridized carbons (Fsp3) is 0.833. The standard InChI is InChI=1S/C12H23NO3/c1-10(2)9-11(14)13-8-6-4-3-5-7-12(15)16/h10H,3-9H2,1-2H3,(H,13,14)(H,15,16). The van der Waals surface area contributed by atoms with Crippen LogP contribution in [0.2, 0.25) is 0 Å². The van der Waals surface area contributed by atoms with Gasteiger partial charge in [-0.25, -0.2) is 0 Å². The lowest BCUT2D eigenvalue weighted by atomic mass is 10.1. The molecular weight excluding hydrogens is 206 g/mol. The van der Waals surface area contributed by atoms with Crippen LogP contribution in [0.1, 0.15) is 52.4 Å². The first kappa shape index (κ1) is 14.9. The largest absolute Gasteiger partial charge is 0.481 e. The summed E-state index contributed by atoms with van der Waals surface area (Å²) in [6, 6.07) is 0. The molecule has 0 fully saturated rings. The molecule has 0 saturated heterocycles. The van der Waals surface area contributed by atoms with Gasteiger partial charge in [0.25, 0.3) is 0 Å². The van der Waals surface area contributed by atoms with E-state index >= 15 is 0 Å². The first-order valence-electron chi connectivity index (χ1n) is 6.01. The highest BCUT2D eigenvalue weighted by Crippen LogP contribution is 2.03. The van der Waals surface area contributed by atoms with E-state index in [2.05, 4.69) is 5.32 Å². The Labute approximate surface area is 97.4 Å². The molecule has 0 aromatic heterocycles. The second-order valence-corrected chi connectivity index (χ2v) is 4.51. The third kappa shape index (κ3) is 11.0. The van der Waals surface area contributed by atoms with Gasteiger partial charge >= 0.3 is 5.97 Å². The third-order valence-electron chi connectivity index (χ3n) is 2.23. The van der Waals surface area contributed by atoms with Gasteiger partial charge in [0.1, 0.15) is 0 Å². The van der Waals surface area contributed by atoms with E-state index in [9.17, 15) is 9.59 Å². The van der Waals surface area contributed by atoms with Crippen molar-refractivity contribution >= 4 is 11.9 Å². The molecule has 2 N–H and O–H groups in total. The third-order valence-corrected chi connectivity index (χ3v) is 2.23. The molecule has 16 heavy (non-hydrogen) atoms. The van der Waals surface area contributed by atoms with Crippen molar-refractivity contribution < 1.29 is 14.7 Å². The summed E-state index contributed by atoms with van der Waals surface area (Å²) < 4.78 is 0. The van der Waals surface area contributed by atoms with Crippen LogP contribution in [0.25, 0.3) is 0 Å². The summed E-state index contributed by atoms with van der Waals surface area (Å²) in [5, 5.41) is 11.3. The number of hydrogen-bond donors (Lipinski definition) is 2. The minimum Gasteiger partial charge on any atom is -0.481 e. The van der Waals surface area contributed by atoms with Crippen LogP contribution in [0.15, 0.2) is 0 Å². The number of carbonyl (C=O) groups is 2. The summed E-state index contributed by atoms with van der Waals surface area (Å²) in [4.78, 5) is 21.5. The zero-order valence-corrected chi connectivity index (χ0v) is 10.3. The van der Waals surface area contributed by atoms with E-state index in [1.165, 1.54) is 0 Å². The number of carboxylic acids is 1. The molecular formula is C12H23NO3. The smallest absolute Gasteiger partial charge is 0.303 e. The highest BCUT2D eigenvalue weighted by atomic mass is 16.4. The topological polar surface area (TPSA) is 66.4 Å². The second kappa shape index (κ2) is 9.19. The predicted octanol–water partition coefficient (Wildman–Crippen LogP) is 2.18. The molecule has 0 unspecified atom stereocenters. The van der Waals surface area contributed by atoms with Crippen LogP contribution < -0.4 is 5.32 Å². The Kier molecular flexibility index (Phi) is 8.58. The lowest BCUT2D eigenvalue weighted by Gasteiger charge is -2.06. The van der Waals surface area contributed by atoms with Crippen molar-refractivity contribution in [3.05, 3.63) is 0 Å². The molecule has 0 atom stereocenters. The maximum atomic E-state index is 11.2. The number of rotatable bonds is 9. The highest BCUT2D eigenvalue weighted by Gasteiger charge is 2.03. The van der Waals surface area contributed by atoms with Crippen LogP contribution in [0, 0.1) is 5.92 Å². The normalized spacial score (nSPS) is 10.4. The fourth-order valence-corrected chi connectivity index (χ4v) is 1.43. The summed E-state index contributed by atoms with van der Waals surface area (Å²) in [5.41, 5.74) is 0. The van der Waals surface area contributed by atoms with Crippen molar-refractivity contribution in [1.82, 2.24) is 5.32 Å². The minimum atomic E-state index is -0.731. The average molecular weight is 229 g/mol. The van der Waals surface area contributed by atoms with Crippen LogP contribution in [-0.4, -0.2) is 23.5 Å². The van der Waals surface area contributed by atoms with Gasteiger partial charge in [-0.1, -0.05) is 26.7 Å². The number of aliphatic carboxylic acids is 1. The lowest BCUT2D eigenvalue weighted by molar-refractivity contribution is -0.137. The zero-order chi connectivity index (χ0) is 12.4. The van der Waals surface area contributed by atoms with Crippen molar-refractivity contribution in [2.45, 2.75) is 52.4 Å². The van der Waals surface area contributed by atoms with E-state index in [0.29, 0.717) is 18.9 Å². The van der Waals surface area contributed by atoms with E-state index in [1.54, 1.807) is 0 Å². The summed E-state index contributed by atoms with van der Waals surface area (Å²) in [6.45, 7) is 4.75. The maximum Gasteiger partial charge on any atom is 0.303 e. The molecule has 0 saturated carbocycles. The molecule has 0 radical (unpaired) electrons. The second-order valence-electron chi connectivity index (χ2n) is 4.51. The Morgan fingerprint density at radius 3 is 2.31 bits per heavy atom. The van der Waals surface area contributed by atoms with Crippen molar-refractivity contribution in [3.63, 3.8) is 0 Å². The molecule has 0 heterocycles. The molecule has 4 nitrogen and oxygen atoms in total. The first-order chi connectivity index (χ1) is 7.52. The van der Waals surface area contributed by atoms with E-state index in [0.717, 1.165) is 25.7 Å². The summed E-state index contributed by atoms with van der Waals surface area (Å²) in [5.74, 6) is -0.221. The van der Waals surface area contributed by atoms with Crippen molar-refractivity contribution in [3.8, 4) is 0 Å². The lowest BCUT2D eigenvalue weighted by Crippen LogP contribution is -2.25. The summed E-state index contributed by atoms with van der Waals surface area (Å²) >= 11 is 0. The molecule has 4 heteroatoms. The van der Waals surface area contributed by atoms with Gasteiger partial charge in [-0.3, -0.25) is 9.59 Å². The molecule has 0 rings (SSSR count). The molecule has 0 bridgehead atoms. The van der Waals surface area contributed by atoms with Gasteiger partial charge in [0.2, 0.25) is 5.91 Å². The number of carbonyl (C=O) groups excluding carboxylic acids is 1. The zero-order valence-electron chi connectivity index (χ0n) is 10.3. The van der Waals surface area contributed by atoms with Gasteiger partial charge in [0.15, 0.2) is 0 Å². The maximum absolute atomic E-state index is 11.2. The van der Waals surface area contributed by atoms with Gasteiger partial charge in [-0.2, -0.15) is 0 Å². The Balaban J connectivity index is 3.20. The molecule has 0 spiro atoms. The molecule has 0 aliphatic carbocycles. The van der Waals surface area contributed by atoms with Crippen molar-refractivity contribution in [2.24, 2.45) is 5.92 Å². The van der Waals surface area contributed by atoms with Gasteiger partial charge in [-0.05, 0) is 18.8 Å². The van der Waals surface area contributed by atoms with E-state index in [4.69, 9.17) is 5.11 Å². The van der Waals surface area contributed by atoms with Gasteiger partial charge < -0.3 is 10.4 Å². The number of unbranched alkanes of at least 4 members (excludes halogenated alkanes) is 3. The summed E-state index contributed by atoms with van der Waals surface area (Å²) in [6.07, 6.45) is 4.40. The van der Waals surface area contributed by atoms with Crippen LogP contribution in [0.4, 0.5) is 0 Å². The molecule has 94 valence electrons. The van der Waals surface area contributed by atoms with Crippen LogP contribution in [0.5, 0.6) is 0 Å². The minimum absolute atomic E-state index is 0.112. The first-order valence-corrected chi connectivity index (χ1v) is 6.01. The monoisotopic (exact) mass is 229 g/mol. The van der Waals surface area contributed by atoms with Gasteiger partial charge in [0.05, 0.1) is 0 Å². The van der Waals surface area contributed by atoms with E-state index in [1.807, 2.05) is 13.8 Å². The quantitative estimate of drug-likeness (QED) is 0.595. The number of carboxylic acid groups (broad SMARTS) is 1. The fourth-order valence-electron chi connectivity index (χ4n) is 1.43. The Morgan fingerprint density at radius 1 is 1.12 bits per heavy atom. The SMILES string of the molecule is CC(C)CC(=O)NCCCCCCC(=O)O. The van der Waals surface area contributed by atoms with Crippen molar-refractivity contribution in [2.75, 3.05) is 6.54 Å². The Morgan fingerprint density at radius 2 is 1.75 bits per heavy atom. The number of amides is 1. The molecule has 0 aromatic carbocycles. The highest BCUT2D eigenvalue weighted by molar-refractivity contribution is 5.75. The molecule has 0 aliphatic rings. The van der Waals surface area contributed by atoms with E-state index < -0.39 is 5.97 Å². The van der Waals surface area contributed by atoms with Gasteiger partial charge in [0, 0.05) is 19.4 Å². The van der Waals surface area contributed by atoms with Crippen LogP contribution in [-0.2, 0) is 9.59 Å². The molecule has 1 amide bonds.